The van der Waals surface area contributed by atoms with Gasteiger partial charge in [0.15, 0.2) is 0 Å². The van der Waals surface area contributed by atoms with Crippen molar-refractivity contribution in [2.75, 3.05) is 27.3 Å². The molecule has 0 bridgehead atoms. The topological polar surface area (TPSA) is 167 Å². The van der Waals surface area contributed by atoms with Gasteiger partial charge in [0.2, 0.25) is 18.2 Å². The molecule has 14 heteroatoms. The largest absolute Gasteiger partial charge is 0.453 e. The van der Waals surface area contributed by atoms with E-state index in [9.17, 15) is 14.4 Å². The summed E-state index contributed by atoms with van der Waals surface area (Å²) in [5.41, 5.74) is 6.26. The van der Waals surface area contributed by atoms with Crippen LogP contribution in [0, 0.1) is 11.8 Å². The summed E-state index contributed by atoms with van der Waals surface area (Å²) < 4.78 is 4.76. The Morgan fingerprint density at radius 3 is 2.24 bits per heavy atom. The Morgan fingerprint density at radius 1 is 0.891 bits per heavy atom. The molecule has 6 rings (SSSR count). The fourth-order valence-corrected chi connectivity index (χ4v) is 7.72. The maximum Gasteiger partial charge on any atom is 0.407 e. The smallest absolute Gasteiger partial charge is 0.407 e. The number of carbonyl (C=O) groups excluding carboxylic acids is 3. The molecule has 2 aromatic carbocycles. The first kappa shape index (κ1) is 39.5. The summed E-state index contributed by atoms with van der Waals surface area (Å²) in [6.07, 6.45) is 8.67. The van der Waals surface area contributed by atoms with E-state index >= 15 is 0 Å². The number of nitrogens with zero attached hydrogens (tertiary/aromatic N) is 5. The van der Waals surface area contributed by atoms with E-state index in [1.54, 1.807) is 0 Å². The molecule has 3 amide bonds. The Labute approximate surface area is 322 Å². The number of ether oxygens (including phenoxy) is 1. The minimum Gasteiger partial charge on any atom is -0.453 e. The van der Waals surface area contributed by atoms with E-state index in [0.29, 0.717) is 13.1 Å². The Balaban J connectivity index is 1.04. The normalized spacial score (nSPS) is 18.5. The Kier molecular flexibility index (Phi) is 12.9. The lowest BCUT2D eigenvalue weighted by Crippen LogP contribution is -2.51. The van der Waals surface area contributed by atoms with Crippen LogP contribution in [0.4, 0.5) is 4.79 Å². The lowest BCUT2D eigenvalue weighted by molar-refractivity contribution is -0.188. The molecular weight excluding hydrogens is 701 g/mol. The van der Waals surface area contributed by atoms with Crippen molar-refractivity contribution >= 4 is 35.3 Å². The fraction of sp³-hybridized carbons (Fsp3) is 0.512. The fourth-order valence-electron chi connectivity index (χ4n) is 7.72. The van der Waals surface area contributed by atoms with E-state index in [2.05, 4.69) is 67.6 Å². The SMILES string of the molecule is COO/C=N\[C@H](C(=O)N1CCCC1c1ncc(-c2ccc(CCCc3ccc4[nH]c([C@@H]5CCCN5C(=O)C(NC(=O)OC)C(C)C)nc4c3)cc2)[nH]1)C(C)C. The number of likely N-dealkylation sites (tertiary alicyclic amines) is 2. The molecule has 3 N–H and O–H groups in total. The second-order valence-corrected chi connectivity index (χ2v) is 15.1. The van der Waals surface area contributed by atoms with Gasteiger partial charge in [-0.15, -0.1) is 0 Å². The molecular formula is C41H54N8O6. The molecule has 55 heavy (non-hydrogen) atoms. The average Bonchev–Trinajstić information content (AvgIpc) is 4.01. The Hall–Kier alpha value is -5.24. The number of carbonyl (C=O) groups is 3. The van der Waals surface area contributed by atoms with Crippen LogP contribution < -0.4 is 5.32 Å². The van der Waals surface area contributed by atoms with Crippen molar-refractivity contribution in [3.05, 3.63) is 71.4 Å². The molecule has 4 atom stereocenters. The summed E-state index contributed by atoms with van der Waals surface area (Å²) in [5.74, 6) is 1.31. The highest BCUT2D eigenvalue weighted by atomic mass is 17.2. The van der Waals surface area contributed by atoms with Crippen molar-refractivity contribution in [3.63, 3.8) is 0 Å². The lowest BCUT2D eigenvalue weighted by Gasteiger charge is -2.29. The monoisotopic (exact) mass is 754 g/mol. The molecule has 0 radical (unpaired) electrons. The van der Waals surface area contributed by atoms with Gasteiger partial charge in [0, 0.05) is 13.1 Å². The number of H-pyrrole nitrogens is 2. The lowest BCUT2D eigenvalue weighted by atomic mass is 10.0. The number of aromatic nitrogens is 4. The molecule has 2 aliphatic heterocycles. The summed E-state index contributed by atoms with van der Waals surface area (Å²) in [4.78, 5) is 73.0. The molecule has 2 saturated heterocycles. The van der Waals surface area contributed by atoms with Crippen molar-refractivity contribution < 1.29 is 28.9 Å². The zero-order valence-electron chi connectivity index (χ0n) is 32.7. The number of amides is 3. The van der Waals surface area contributed by atoms with E-state index in [4.69, 9.17) is 19.6 Å². The number of benzene rings is 2. The first-order valence-electron chi connectivity index (χ1n) is 19.4. The number of aryl methyl sites for hydroxylation is 2. The van der Waals surface area contributed by atoms with E-state index in [1.807, 2.05) is 43.7 Å². The van der Waals surface area contributed by atoms with Gasteiger partial charge in [0.05, 0.1) is 49.2 Å². The number of rotatable bonds is 15. The van der Waals surface area contributed by atoms with Crippen molar-refractivity contribution in [1.82, 2.24) is 35.1 Å². The second-order valence-electron chi connectivity index (χ2n) is 15.1. The molecule has 2 fully saturated rings. The predicted octanol–water partition coefficient (Wildman–Crippen LogP) is 6.47. The number of fused-ring (bicyclic) bond motifs is 1. The van der Waals surface area contributed by atoms with Gasteiger partial charge in [-0.25, -0.2) is 19.8 Å². The third-order valence-corrected chi connectivity index (χ3v) is 10.7. The van der Waals surface area contributed by atoms with E-state index in [0.717, 1.165) is 78.9 Å². The van der Waals surface area contributed by atoms with Gasteiger partial charge in [-0.2, -0.15) is 4.89 Å². The number of hydrogen-bond donors (Lipinski definition) is 3. The number of imidazole rings is 2. The van der Waals surface area contributed by atoms with Crippen LogP contribution >= 0.6 is 0 Å². The van der Waals surface area contributed by atoms with Crippen LogP contribution in [0.25, 0.3) is 22.3 Å². The number of aliphatic imine (C=N–C) groups is 1. The predicted molar refractivity (Wildman–Crippen MR) is 209 cm³/mol. The molecule has 4 aromatic rings. The Morgan fingerprint density at radius 2 is 1.56 bits per heavy atom. The van der Waals surface area contributed by atoms with Crippen LogP contribution in [-0.2, 0) is 36.9 Å². The van der Waals surface area contributed by atoms with Gasteiger partial charge < -0.3 is 34.7 Å². The highest BCUT2D eigenvalue weighted by Crippen LogP contribution is 2.34. The maximum absolute atomic E-state index is 13.6. The van der Waals surface area contributed by atoms with Crippen LogP contribution in [0.2, 0.25) is 0 Å². The quantitative estimate of drug-likeness (QED) is 0.0538. The zero-order valence-corrected chi connectivity index (χ0v) is 32.7. The number of alkyl carbamates (subject to hydrolysis) is 1. The average molecular weight is 755 g/mol. The molecule has 0 saturated carbocycles. The molecule has 294 valence electrons. The van der Waals surface area contributed by atoms with Crippen molar-refractivity contribution in [3.8, 4) is 11.3 Å². The number of aromatic amines is 2. The summed E-state index contributed by atoms with van der Waals surface area (Å²) >= 11 is 0. The van der Waals surface area contributed by atoms with E-state index < -0.39 is 18.2 Å². The summed E-state index contributed by atoms with van der Waals surface area (Å²) in [5, 5.41) is 2.71. The van der Waals surface area contributed by atoms with E-state index in [-0.39, 0.29) is 35.7 Å². The molecule has 2 unspecified atom stereocenters. The minimum absolute atomic E-state index is 0.000787. The molecule has 0 spiro atoms. The molecule has 4 heterocycles. The van der Waals surface area contributed by atoms with Gasteiger partial charge in [0.1, 0.15) is 23.7 Å². The van der Waals surface area contributed by atoms with Gasteiger partial charge in [-0.3, -0.25) is 9.59 Å². The van der Waals surface area contributed by atoms with Crippen LogP contribution in [0.15, 0.2) is 53.7 Å². The van der Waals surface area contributed by atoms with E-state index in [1.165, 1.54) is 31.7 Å². The highest BCUT2D eigenvalue weighted by molar-refractivity contribution is 5.87. The first-order chi connectivity index (χ1) is 26.6. The minimum atomic E-state index is -0.669. The number of hydrogen-bond acceptors (Lipinski definition) is 9. The van der Waals surface area contributed by atoms with Gasteiger partial charge in [0.25, 0.3) is 0 Å². The van der Waals surface area contributed by atoms with Gasteiger partial charge in [-0.1, -0.05) is 58.0 Å². The standard InChI is InChI=1S/C41H54N8O6/c1-25(2)35(43-24-55-54-6)39(50)48-20-8-12-33(48)37-42-23-32(46-37)29-17-14-27(15-18-29)10-7-11-28-16-19-30-31(22-28)45-38(44-30)34-13-9-21-49(34)40(51)36(26(3)4)47-41(52)53-5/h14-19,22-26,33-36H,7-13,20-21H2,1-6H3,(H,42,46)(H,44,45)(H,47,52)/b43-24-/t33?,34-,35-,36?/m0/s1. The van der Waals surface area contributed by atoms with Gasteiger partial charge in [-0.05, 0) is 85.6 Å². The maximum atomic E-state index is 13.6. The third-order valence-electron chi connectivity index (χ3n) is 10.7. The number of methoxy groups -OCH3 is 1. The molecule has 0 aliphatic carbocycles. The van der Waals surface area contributed by atoms with Crippen LogP contribution in [0.1, 0.15) is 94.7 Å². The van der Waals surface area contributed by atoms with Gasteiger partial charge >= 0.3 is 6.09 Å². The summed E-state index contributed by atoms with van der Waals surface area (Å²) in [7, 11) is 2.70. The van der Waals surface area contributed by atoms with Crippen molar-refractivity contribution in [2.45, 2.75) is 96.8 Å². The van der Waals surface area contributed by atoms with Crippen molar-refractivity contribution in [2.24, 2.45) is 16.8 Å². The summed E-state index contributed by atoms with van der Waals surface area (Å²) in [6.45, 7) is 9.04. The third kappa shape index (κ3) is 9.18. The molecule has 2 aromatic heterocycles. The highest BCUT2D eigenvalue weighted by Gasteiger charge is 2.38. The summed E-state index contributed by atoms with van der Waals surface area (Å²) in [6, 6.07) is 13.4. The van der Waals surface area contributed by atoms with Crippen LogP contribution in [-0.4, -0.2) is 93.4 Å². The van der Waals surface area contributed by atoms with Crippen LogP contribution in [0.3, 0.4) is 0 Å². The number of nitrogens with one attached hydrogen (secondary N) is 3. The van der Waals surface area contributed by atoms with Crippen molar-refractivity contribution in [1.29, 1.82) is 0 Å². The van der Waals surface area contributed by atoms with Crippen LogP contribution in [0.5, 0.6) is 0 Å². The second kappa shape index (κ2) is 17.9. The molecule has 14 nitrogen and oxygen atoms in total. The molecule has 2 aliphatic rings. The zero-order chi connectivity index (χ0) is 39.1. The Bertz CT molecular complexity index is 1950. The first-order valence-corrected chi connectivity index (χ1v) is 19.4.